The molecule has 0 aliphatic rings. The summed E-state index contributed by atoms with van der Waals surface area (Å²) in [7, 11) is 0. The Bertz CT molecular complexity index is 1130. The number of anilines is 1. The van der Waals surface area contributed by atoms with E-state index in [1.54, 1.807) is 25.7 Å². The summed E-state index contributed by atoms with van der Waals surface area (Å²) in [6, 6.07) is 11.5. The highest BCUT2D eigenvalue weighted by molar-refractivity contribution is 5.99. The van der Waals surface area contributed by atoms with Crippen LogP contribution in [0.15, 0.2) is 42.5 Å². The van der Waals surface area contributed by atoms with Crippen LogP contribution in [-0.4, -0.2) is 40.5 Å². The third kappa shape index (κ3) is 8.84. The van der Waals surface area contributed by atoms with Crippen LogP contribution in [0.4, 0.5) is 10.5 Å². The van der Waals surface area contributed by atoms with Gasteiger partial charge >= 0.3 is 6.09 Å². The molecule has 2 aromatic rings. The van der Waals surface area contributed by atoms with Crippen LogP contribution < -0.4 is 10.6 Å². The number of carbonyl (C=O) groups is 3. The normalized spacial score (nSPS) is 14.5. The van der Waals surface area contributed by atoms with Crippen molar-refractivity contribution in [2.75, 3.05) is 5.32 Å². The molecule has 0 saturated carbocycles. The van der Waals surface area contributed by atoms with Crippen LogP contribution in [0.25, 0.3) is 0 Å². The largest absolute Gasteiger partial charge is 0.444 e. The van der Waals surface area contributed by atoms with Gasteiger partial charge in [-0.2, -0.15) is 0 Å². The van der Waals surface area contributed by atoms with E-state index in [2.05, 4.69) is 10.6 Å². The molecule has 0 aliphatic carbocycles. The summed E-state index contributed by atoms with van der Waals surface area (Å²) in [4.78, 5) is 43.0. The molecule has 0 spiro atoms. The molecule has 0 fully saturated rings. The molecule has 39 heavy (non-hydrogen) atoms. The van der Waals surface area contributed by atoms with E-state index in [1.165, 1.54) is 0 Å². The van der Waals surface area contributed by atoms with Gasteiger partial charge < -0.3 is 20.3 Å². The van der Waals surface area contributed by atoms with E-state index in [0.717, 1.165) is 22.3 Å². The Morgan fingerprint density at radius 2 is 1.51 bits per heavy atom. The summed E-state index contributed by atoms with van der Waals surface area (Å²) in [6.07, 6.45) is 0.631. The fourth-order valence-corrected chi connectivity index (χ4v) is 4.59. The number of ether oxygens (including phenoxy) is 1. The second-order valence-electron chi connectivity index (χ2n) is 11.6. The minimum absolute atomic E-state index is 0.184. The van der Waals surface area contributed by atoms with Crippen LogP contribution >= 0.6 is 0 Å². The van der Waals surface area contributed by atoms with Crippen LogP contribution in [0, 0.1) is 26.7 Å². The lowest BCUT2D eigenvalue weighted by atomic mass is 9.93. The summed E-state index contributed by atoms with van der Waals surface area (Å²) in [6.45, 7) is 19.1. The van der Waals surface area contributed by atoms with Crippen molar-refractivity contribution < 1.29 is 19.1 Å². The lowest BCUT2D eigenvalue weighted by Crippen LogP contribution is -2.56. The van der Waals surface area contributed by atoms with Crippen LogP contribution in [0.3, 0.4) is 0 Å². The molecule has 2 rings (SSSR count). The minimum atomic E-state index is -0.905. The van der Waals surface area contributed by atoms with E-state index in [9.17, 15) is 14.4 Å². The minimum Gasteiger partial charge on any atom is -0.444 e. The Morgan fingerprint density at radius 3 is 2.03 bits per heavy atom. The van der Waals surface area contributed by atoms with Gasteiger partial charge in [0.15, 0.2) is 0 Å². The number of para-hydroxylation sites is 1. The number of nitrogens with one attached hydrogen (secondary N) is 2. The van der Waals surface area contributed by atoms with Gasteiger partial charge in [-0.3, -0.25) is 9.59 Å². The average molecular weight is 538 g/mol. The van der Waals surface area contributed by atoms with Gasteiger partial charge in [0.25, 0.3) is 5.91 Å². The molecule has 0 radical (unpaired) electrons. The summed E-state index contributed by atoms with van der Waals surface area (Å²) >= 11 is 0. The fraction of sp³-hybridized carbons (Fsp3) is 0.531. The average Bonchev–Trinajstić information content (AvgIpc) is 2.84. The molecule has 0 aromatic heterocycles. The van der Waals surface area contributed by atoms with Gasteiger partial charge in [-0.25, -0.2) is 4.79 Å². The smallest absolute Gasteiger partial charge is 0.408 e. The third-order valence-electron chi connectivity index (χ3n) is 6.96. The standard InChI is InChI=1S/C32H47N3O4/c1-11-22(5)27(34-31(38)39-32(8,9)10)30(37)35(24(7)12-2)28(25-18-20(3)17-21(4)19-25)29(36)33-26-16-14-13-15-23(26)6/h13-19,22,24,27-28H,11-12H2,1-10H3,(H,33,36)(H,34,38). The first-order chi connectivity index (χ1) is 18.2. The number of carbonyl (C=O) groups excluding carboxylic acids is 3. The van der Waals surface area contributed by atoms with Crippen molar-refractivity contribution in [3.8, 4) is 0 Å². The van der Waals surface area contributed by atoms with Gasteiger partial charge in [0.2, 0.25) is 5.91 Å². The van der Waals surface area contributed by atoms with Crippen LogP contribution in [0.5, 0.6) is 0 Å². The Morgan fingerprint density at radius 1 is 0.923 bits per heavy atom. The maximum Gasteiger partial charge on any atom is 0.408 e. The predicted molar refractivity (Wildman–Crippen MR) is 158 cm³/mol. The van der Waals surface area contributed by atoms with Gasteiger partial charge in [-0.1, -0.05) is 74.7 Å². The van der Waals surface area contributed by atoms with Crippen molar-refractivity contribution >= 4 is 23.6 Å². The number of amides is 3. The maximum atomic E-state index is 14.4. The molecule has 0 aliphatic heterocycles. The molecular formula is C32H47N3O4. The second kappa shape index (κ2) is 13.6. The molecule has 4 unspecified atom stereocenters. The van der Waals surface area contributed by atoms with Gasteiger partial charge in [0, 0.05) is 11.7 Å². The second-order valence-corrected chi connectivity index (χ2v) is 11.6. The van der Waals surface area contributed by atoms with Crippen molar-refractivity contribution in [3.63, 3.8) is 0 Å². The van der Waals surface area contributed by atoms with E-state index in [0.29, 0.717) is 18.5 Å². The third-order valence-corrected chi connectivity index (χ3v) is 6.96. The molecule has 2 N–H and O–H groups in total. The zero-order valence-electron chi connectivity index (χ0n) is 25.3. The van der Waals surface area contributed by atoms with Crippen molar-refractivity contribution in [2.24, 2.45) is 5.92 Å². The fourth-order valence-electron chi connectivity index (χ4n) is 4.59. The number of hydrogen-bond donors (Lipinski definition) is 2. The molecule has 0 saturated heterocycles. The molecular weight excluding hydrogens is 490 g/mol. The SMILES string of the molecule is CCC(C)C(NC(=O)OC(C)(C)C)C(=O)N(C(C)CC)C(C(=O)Nc1ccccc1C)c1cc(C)cc(C)c1. The van der Waals surface area contributed by atoms with E-state index in [-0.39, 0.29) is 23.8 Å². The molecule has 4 atom stereocenters. The van der Waals surface area contributed by atoms with E-state index < -0.39 is 23.8 Å². The number of hydrogen-bond acceptors (Lipinski definition) is 4. The number of rotatable bonds is 10. The van der Waals surface area contributed by atoms with Gasteiger partial charge in [0.05, 0.1) is 0 Å². The zero-order chi connectivity index (χ0) is 29.5. The molecule has 7 nitrogen and oxygen atoms in total. The van der Waals surface area contributed by atoms with Gasteiger partial charge in [0.1, 0.15) is 17.7 Å². The maximum absolute atomic E-state index is 14.4. The number of alkyl carbamates (subject to hydrolysis) is 1. The van der Waals surface area contributed by atoms with Crippen LogP contribution in [0.1, 0.15) is 89.6 Å². The van der Waals surface area contributed by atoms with Crippen molar-refractivity contribution in [1.29, 1.82) is 0 Å². The van der Waals surface area contributed by atoms with Gasteiger partial charge in [-0.15, -0.1) is 0 Å². The number of benzene rings is 2. The van der Waals surface area contributed by atoms with Crippen LogP contribution in [0.2, 0.25) is 0 Å². The zero-order valence-corrected chi connectivity index (χ0v) is 25.3. The van der Waals surface area contributed by atoms with E-state index in [4.69, 9.17) is 4.74 Å². The Labute approximate surface area is 234 Å². The molecule has 7 heteroatoms. The highest BCUT2D eigenvalue weighted by Crippen LogP contribution is 2.30. The highest BCUT2D eigenvalue weighted by atomic mass is 16.6. The Balaban J connectivity index is 2.64. The first-order valence-electron chi connectivity index (χ1n) is 13.9. The molecule has 214 valence electrons. The number of nitrogens with zero attached hydrogens (tertiary/aromatic N) is 1. The topological polar surface area (TPSA) is 87.7 Å². The molecule has 3 amide bonds. The van der Waals surface area contributed by atoms with Crippen molar-refractivity contribution in [3.05, 3.63) is 64.7 Å². The van der Waals surface area contributed by atoms with Crippen molar-refractivity contribution in [2.45, 2.75) is 106 Å². The first kappa shape index (κ1) is 31.9. The van der Waals surface area contributed by atoms with Crippen molar-refractivity contribution in [1.82, 2.24) is 10.2 Å². The Kier molecular flexibility index (Phi) is 11.1. The lowest BCUT2D eigenvalue weighted by Gasteiger charge is -2.39. The van der Waals surface area contributed by atoms with E-state index >= 15 is 0 Å². The summed E-state index contributed by atoms with van der Waals surface area (Å²) in [5.74, 6) is -0.798. The quantitative estimate of drug-likeness (QED) is 0.347. The Hall–Kier alpha value is -3.35. The molecule has 2 aromatic carbocycles. The molecule has 0 bridgehead atoms. The summed E-state index contributed by atoms with van der Waals surface area (Å²) in [5.41, 5.74) is 3.64. The highest BCUT2D eigenvalue weighted by Gasteiger charge is 2.40. The number of aryl methyl sites for hydroxylation is 3. The molecule has 0 heterocycles. The predicted octanol–water partition coefficient (Wildman–Crippen LogP) is 6.86. The monoisotopic (exact) mass is 537 g/mol. The lowest BCUT2D eigenvalue weighted by molar-refractivity contribution is -0.144. The summed E-state index contributed by atoms with van der Waals surface area (Å²) < 4.78 is 5.50. The first-order valence-corrected chi connectivity index (χ1v) is 13.9. The van der Waals surface area contributed by atoms with Gasteiger partial charge in [-0.05, 0) is 78.0 Å². The summed E-state index contributed by atoms with van der Waals surface area (Å²) in [5, 5.41) is 5.90. The van der Waals surface area contributed by atoms with Crippen LogP contribution in [-0.2, 0) is 14.3 Å². The van der Waals surface area contributed by atoms with E-state index in [1.807, 2.05) is 90.9 Å².